The summed E-state index contributed by atoms with van der Waals surface area (Å²) in [6.07, 6.45) is -4.75. The van der Waals surface area contributed by atoms with E-state index in [1.807, 2.05) is 0 Å². The maximum atomic E-state index is 12.1. The van der Waals surface area contributed by atoms with E-state index in [1.54, 1.807) is 6.07 Å². The van der Waals surface area contributed by atoms with E-state index in [0.29, 0.717) is 15.6 Å². The van der Waals surface area contributed by atoms with E-state index in [2.05, 4.69) is 20.7 Å². The largest absolute Gasteiger partial charge is 0.573 e. The zero-order valence-corrected chi connectivity index (χ0v) is 14.4. The molecule has 0 bridgehead atoms. The first kappa shape index (κ1) is 19.9. The number of hydrogen-bond donors (Lipinski definition) is 2. The molecule has 0 saturated heterocycles. The quantitative estimate of drug-likeness (QED) is 0.702. The Balaban J connectivity index is 0.00000264. The third kappa shape index (κ3) is 4.91. The van der Waals surface area contributed by atoms with Gasteiger partial charge in [-0.3, -0.25) is 0 Å². The fourth-order valence-electron chi connectivity index (χ4n) is 1.90. The zero-order chi connectivity index (χ0) is 16.5. The summed E-state index contributed by atoms with van der Waals surface area (Å²) in [5, 5.41) is 10.1. The van der Waals surface area contributed by atoms with Gasteiger partial charge in [-0.1, -0.05) is 39.7 Å². The molecule has 0 aliphatic heterocycles. The summed E-state index contributed by atoms with van der Waals surface area (Å²) in [5.41, 5.74) is 6.89. The molecule has 0 aliphatic carbocycles. The molecule has 1 atom stereocenters. The predicted octanol–water partition coefficient (Wildman–Crippen LogP) is 5.18. The standard InChI is InChI=1S/C14H10BrClF3NO2.ClH/c15-9-5-6-10(16)13(21)11(9)12(20)7-1-3-8(4-2-7)22-14(17,18)19;/h1-6,12,21H,20H2;1H/t12-;/m1./s1. The van der Waals surface area contributed by atoms with Gasteiger partial charge in [0, 0.05) is 10.0 Å². The van der Waals surface area contributed by atoms with Crippen LogP contribution in [0.15, 0.2) is 40.9 Å². The van der Waals surface area contributed by atoms with Crippen molar-refractivity contribution in [2.75, 3.05) is 0 Å². The molecule has 2 aromatic carbocycles. The highest BCUT2D eigenvalue weighted by Crippen LogP contribution is 2.39. The monoisotopic (exact) mass is 431 g/mol. The first-order valence-electron chi connectivity index (χ1n) is 5.97. The normalized spacial score (nSPS) is 12.4. The Morgan fingerprint density at radius 2 is 1.70 bits per heavy atom. The molecule has 0 heterocycles. The summed E-state index contributed by atoms with van der Waals surface area (Å²) in [6, 6.07) is 7.43. The van der Waals surface area contributed by atoms with E-state index in [1.165, 1.54) is 18.2 Å². The molecule has 2 aromatic rings. The van der Waals surface area contributed by atoms with Crippen LogP contribution in [0.5, 0.6) is 11.5 Å². The van der Waals surface area contributed by atoms with Crippen molar-refractivity contribution in [3.05, 3.63) is 57.0 Å². The Morgan fingerprint density at radius 3 is 2.22 bits per heavy atom. The molecule has 0 unspecified atom stereocenters. The topological polar surface area (TPSA) is 55.5 Å². The van der Waals surface area contributed by atoms with Crippen LogP contribution < -0.4 is 10.5 Å². The third-order valence-electron chi connectivity index (χ3n) is 2.90. The summed E-state index contributed by atoms with van der Waals surface area (Å²) < 4.78 is 40.7. The molecule has 126 valence electrons. The van der Waals surface area contributed by atoms with Gasteiger partial charge in [-0.2, -0.15) is 0 Å². The minimum absolute atomic E-state index is 0. The van der Waals surface area contributed by atoms with Crippen LogP contribution in [0, 0.1) is 0 Å². The number of rotatable bonds is 3. The van der Waals surface area contributed by atoms with Gasteiger partial charge in [0.05, 0.1) is 11.1 Å². The van der Waals surface area contributed by atoms with Crippen LogP contribution in [0.1, 0.15) is 17.2 Å². The van der Waals surface area contributed by atoms with E-state index < -0.39 is 12.4 Å². The van der Waals surface area contributed by atoms with Crippen LogP contribution in [-0.2, 0) is 0 Å². The van der Waals surface area contributed by atoms with E-state index in [-0.39, 0.29) is 28.9 Å². The van der Waals surface area contributed by atoms with Crippen LogP contribution in [0.25, 0.3) is 0 Å². The SMILES string of the molecule is Cl.N[C@H](c1ccc(OC(F)(F)F)cc1)c1c(Br)ccc(Cl)c1O. The van der Waals surface area contributed by atoms with Gasteiger partial charge in [-0.05, 0) is 29.8 Å². The Kier molecular flexibility index (Phi) is 6.59. The molecular weight excluding hydrogens is 422 g/mol. The summed E-state index contributed by atoms with van der Waals surface area (Å²) in [7, 11) is 0. The molecule has 2 rings (SSSR count). The van der Waals surface area contributed by atoms with Crippen molar-refractivity contribution in [3.8, 4) is 11.5 Å². The number of phenolic OH excluding ortho intramolecular Hbond substituents is 1. The van der Waals surface area contributed by atoms with Crippen molar-refractivity contribution in [3.63, 3.8) is 0 Å². The van der Waals surface area contributed by atoms with E-state index in [9.17, 15) is 18.3 Å². The summed E-state index contributed by atoms with van der Waals surface area (Å²) in [5.74, 6) is -0.531. The van der Waals surface area contributed by atoms with Gasteiger partial charge in [-0.25, -0.2) is 0 Å². The Labute approximate surface area is 149 Å². The molecule has 3 nitrogen and oxygen atoms in total. The van der Waals surface area contributed by atoms with Crippen LogP contribution in [0.4, 0.5) is 13.2 Å². The smallest absolute Gasteiger partial charge is 0.506 e. The Hall–Kier alpha value is -1.15. The highest BCUT2D eigenvalue weighted by Gasteiger charge is 2.31. The highest BCUT2D eigenvalue weighted by molar-refractivity contribution is 9.10. The number of ether oxygens (including phenoxy) is 1. The van der Waals surface area contributed by atoms with E-state index in [4.69, 9.17) is 17.3 Å². The molecule has 0 fully saturated rings. The van der Waals surface area contributed by atoms with Crippen molar-refractivity contribution in [2.45, 2.75) is 12.4 Å². The lowest BCUT2D eigenvalue weighted by atomic mass is 9.98. The van der Waals surface area contributed by atoms with Crippen molar-refractivity contribution < 1.29 is 23.0 Å². The molecule has 3 N–H and O–H groups in total. The fourth-order valence-corrected chi connectivity index (χ4v) is 2.63. The van der Waals surface area contributed by atoms with Crippen molar-refractivity contribution >= 4 is 39.9 Å². The lowest BCUT2D eigenvalue weighted by Gasteiger charge is -2.17. The van der Waals surface area contributed by atoms with Crippen molar-refractivity contribution in [2.24, 2.45) is 5.73 Å². The Morgan fingerprint density at radius 1 is 1.13 bits per heavy atom. The second-order valence-electron chi connectivity index (χ2n) is 4.39. The van der Waals surface area contributed by atoms with Crippen LogP contribution in [0.2, 0.25) is 5.02 Å². The lowest BCUT2D eigenvalue weighted by molar-refractivity contribution is -0.274. The second kappa shape index (κ2) is 7.61. The van der Waals surface area contributed by atoms with Crippen molar-refractivity contribution in [1.82, 2.24) is 0 Å². The number of benzene rings is 2. The van der Waals surface area contributed by atoms with E-state index in [0.717, 1.165) is 12.1 Å². The summed E-state index contributed by atoms with van der Waals surface area (Å²) >= 11 is 9.11. The van der Waals surface area contributed by atoms with E-state index >= 15 is 0 Å². The number of halogens is 6. The van der Waals surface area contributed by atoms with Gasteiger partial charge in [0.15, 0.2) is 0 Å². The second-order valence-corrected chi connectivity index (χ2v) is 5.65. The number of nitrogens with two attached hydrogens (primary N) is 1. The predicted molar refractivity (Wildman–Crippen MR) is 87.2 cm³/mol. The maximum absolute atomic E-state index is 12.1. The third-order valence-corrected chi connectivity index (χ3v) is 3.89. The number of aromatic hydroxyl groups is 1. The fraction of sp³-hybridized carbons (Fsp3) is 0.143. The highest BCUT2D eigenvalue weighted by atomic mass is 79.9. The van der Waals surface area contributed by atoms with Crippen LogP contribution >= 0.6 is 39.9 Å². The van der Waals surface area contributed by atoms with Gasteiger partial charge < -0.3 is 15.6 Å². The van der Waals surface area contributed by atoms with Gasteiger partial charge in [0.25, 0.3) is 0 Å². The molecular formula is C14H11BrCl2F3NO2. The minimum Gasteiger partial charge on any atom is -0.506 e. The summed E-state index contributed by atoms with van der Waals surface area (Å²) in [4.78, 5) is 0. The molecule has 0 aliphatic rings. The molecule has 0 aromatic heterocycles. The lowest BCUT2D eigenvalue weighted by Crippen LogP contribution is -2.17. The zero-order valence-electron chi connectivity index (χ0n) is 11.3. The summed E-state index contributed by atoms with van der Waals surface area (Å²) in [6.45, 7) is 0. The maximum Gasteiger partial charge on any atom is 0.573 e. The first-order valence-corrected chi connectivity index (χ1v) is 7.14. The first-order chi connectivity index (χ1) is 10.2. The van der Waals surface area contributed by atoms with Crippen LogP contribution in [0.3, 0.4) is 0 Å². The average molecular weight is 433 g/mol. The number of hydrogen-bond acceptors (Lipinski definition) is 3. The molecule has 9 heteroatoms. The van der Waals surface area contributed by atoms with Gasteiger partial charge in [0.2, 0.25) is 0 Å². The molecule has 0 saturated carbocycles. The molecule has 0 radical (unpaired) electrons. The molecule has 23 heavy (non-hydrogen) atoms. The van der Waals surface area contributed by atoms with Gasteiger partial charge in [-0.15, -0.1) is 25.6 Å². The molecule has 0 amide bonds. The number of phenols is 1. The average Bonchev–Trinajstić information content (AvgIpc) is 2.42. The minimum atomic E-state index is -4.75. The van der Waals surface area contributed by atoms with Gasteiger partial charge in [0.1, 0.15) is 11.5 Å². The van der Waals surface area contributed by atoms with Crippen LogP contribution in [-0.4, -0.2) is 11.5 Å². The number of alkyl halides is 3. The molecule has 0 spiro atoms. The van der Waals surface area contributed by atoms with Crippen molar-refractivity contribution in [1.29, 1.82) is 0 Å². The Bertz CT molecular complexity index is 681. The van der Waals surface area contributed by atoms with Gasteiger partial charge >= 0.3 is 6.36 Å².